The van der Waals surface area contributed by atoms with Crippen molar-refractivity contribution in [2.24, 2.45) is 17.8 Å². The number of alkyl halides is 3. The summed E-state index contributed by atoms with van der Waals surface area (Å²) in [4.78, 5) is 11.3. The number of hydrogen-bond donors (Lipinski definition) is 1. The third kappa shape index (κ3) is 2.81. The first-order valence-electron chi connectivity index (χ1n) is 11.1. The molecule has 2 bridgehead atoms. The van der Waals surface area contributed by atoms with E-state index >= 15 is 0 Å². The molecule has 7 nitrogen and oxygen atoms in total. The van der Waals surface area contributed by atoms with E-state index in [1.807, 2.05) is 6.20 Å². The Balaban J connectivity index is 1.32. The largest absolute Gasteiger partial charge is 0.573 e. The van der Waals surface area contributed by atoms with Crippen LogP contribution in [0.4, 0.5) is 19.0 Å². The molecule has 172 valence electrons. The lowest BCUT2D eigenvalue weighted by Crippen LogP contribution is -2.43. The van der Waals surface area contributed by atoms with Gasteiger partial charge >= 0.3 is 6.36 Å². The molecule has 2 aromatic rings. The molecule has 5 aliphatic rings. The van der Waals surface area contributed by atoms with E-state index in [0.29, 0.717) is 35.1 Å². The van der Waals surface area contributed by atoms with Crippen LogP contribution in [0.1, 0.15) is 32.0 Å². The molecule has 0 radical (unpaired) electrons. The van der Waals surface area contributed by atoms with E-state index in [-0.39, 0.29) is 17.3 Å². The molecule has 1 saturated heterocycles. The Morgan fingerprint density at radius 1 is 1.25 bits per heavy atom. The van der Waals surface area contributed by atoms with E-state index in [0.717, 1.165) is 32.1 Å². The van der Waals surface area contributed by atoms with Gasteiger partial charge in [-0.15, -0.1) is 13.2 Å². The first-order valence-corrected chi connectivity index (χ1v) is 11.1. The van der Waals surface area contributed by atoms with E-state index in [2.05, 4.69) is 33.0 Å². The van der Waals surface area contributed by atoms with Gasteiger partial charge in [-0.3, -0.25) is 4.90 Å². The maximum absolute atomic E-state index is 12.7. The highest BCUT2D eigenvalue weighted by Gasteiger charge is 2.93. The fourth-order valence-corrected chi connectivity index (χ4v) is 6.45. The Kier molecular flexibility index (Phi) is 4.18. The molecule has 5 fully saturated rings. The van der Waals surface area contributed by atoms with Crippen molar-refractivity contribution in [1.29, 1.82) is 0 Å². The smallest absolute Gasteiger partial charge is 0.402 e. The number of nitrogens with zero attached hydrogens (tertiary/aromatic N) is 4. The number of morpholine rings is 1. The summed E-state index contributed by atoms with van der Waals surface area (Å²) in [7, 11) is 0. The number of aromatic nitrogens is 3. The molecule has 5 atom stereocenters. The minimum atomic E-state index is -4.83. The number of pyridine rings is 1. The normalized spacial score (nSPS) is 33.4. The van der Waals surface area contributed by atoms with Crippen LogP contribution in [0.25, 0.3) is 11.3 Å². The van der Waals surface area contributed by atoms with Gasteiger partial charge < -0.3 is 19.8 Å². The molecular formula is C22H26F3N5O2. The molecule has 10 heteroatoms. The Bertz CT molecular complexity index is 1060. The maximum atomic E-state index is 12.7. The van der Waals surface area contributed by atoms with Gasteiger partial charge in [-0.1, -0.05) is 13.8 Å². The van der Waals surface area contributed by atoms with Gasteiger partial charge in [0.1, 0.15) is 5.82 Å². The van der Waals surface area contributed by atoms with Crippen LogP contribution in [0.2, 0.25) is 0 Å². The molecule has 2 unspecified atom stereocenters. The van der Waals surface area contributed by atoms with Crippen LogP contribution in [0.15, 0.2) is 18.5 Å². The summed E-state index contributed by atoms with van der Waals surface area (Å²) >= 11 is 0. The number of fused-ring (bicyclic) bond motifs is 1. The molecule has 0 amide bonds. The zero-order valence-corrected chi connectivity index (χ0v) is 18.0. The molecule has 3 heterocycles. The first-order chi connectivity index (χ1) is 15.2. The molecule has 2 N–H and O–H groups in total. The number of halogens is 3. The lowest BCUT2D eigenvalue weighted by Gasteiger charge is -2.32. The van der Waals surface area contributed by atoms with Crippen molar-refractivity contribution in [3.63, 3.8) is 0 Å². The van der Waals surface area contributed by atoms with E-state index in [1.54, 1.807) is 0 Å². The van der Waals surface area contributed by atoms with Crippen LogP contribution in [-0.2, 0) is 10.3 Å². The molecule has 7 rings (SSSR count). The summed E-state index contributed by atoms with van der Waals surface area (Å²) in [5.74, 6) is 2.32. The number of ether oxygens (including phenoxy) is 2. The van der Waals surface area contributed by atoms with Gasteiger partial charge in [0.2, 0.25) is 0 Å². The van der Waals surface area contributed by atoms with Gasteiger partial charge in [0.15, 0.2) is 11.6 Å². The summed E-state index contributed by atoms with van der Waals surface area (Å²) in [6.07, 6.45) is -0.184. The number of nitrogens with two attached hydrogens (primary N) is 1. The van der Waals surface area contributed by atoms with Crippen molar-refractivity contribution >= 4 is 5.82 Å². The quantitative estimate of drug-likeness (QED) is 0.755. The molecule has 32 heavy (non-hydrogen) atoms. The van der Waals surface area contributed by atoms with Gasteiger partial charge in [0, 0.05) is 48.9 Å². The average Bonchev–Trinajstić information content (AvgIpc) is 3.31. The van der Waals surface area contributed by atoms with Crippen LogP contribution in [0.5, 0.6) is 5.75 Å². The Hall–Kier alpha value is -2.33. The van der Waals surface area contributed by atoms with Crippen LogP contribution >= 0.6 is 0 Å². The fraction of sp³-hybridized carbons (Fsp3) is 0.636. The lowest BCUT2D eigenvalue weighted by atomic mass is 10.1. The molecule has 0 spiro atoms. The minimum Gasteiger partial charge on any atom is -0.402 e. The number of anilines is 1. The monoisotopic (exact) mass is 449 g/mol. The number of hydrogen-bond acceptors (Lipinski definition) is 6. The summed E-state index contributed by atoms with van der Waals surface area (Å²) in [6.45, 7) is 7.76. The molecule has 1 aliphatic heterocycles. The zero-order chi connectivity index (χ0) is 22.4. The van der Waals surface area contributed by atoms with Crippen molar-refractivity contribution in [3.05, 3.63) is 24.3 Å². The van der Waals surface area contributed by atoms with Gasteiger partial charge in [-0.25, -0.2) is 9.97 Å². The lowest BCUT2D eigenvalue weighted by molar-refractivity contribution is -0.274. The Morgan fingerprint density at radius 2 is 2.00 bits per heavy atom. The summed E-state index contributed by atoms with van der Waals surface area (Å²) in [6, 6.07) is 1.86. The average molecular weight is 449 g/mol. The topological polar surface area (TPSA) is 78.4 Å². The minimum absolute atomic E-state index is 0.125. The van der Waals surface area contributed by atoms with E-state index in [4.69, 9.17) is 15.5 Å². The van der Waals surface area contributed by atoms with Crippen LogP contribution in [-0.4, -0.2) is 58.1 Å². The van der Waals surface area contributed by atoms with E-state index in [1.165, 1.54) is 18.7 Å². The Labute approximate surface area is 183 Å². The number of imidazole rings is 1. The highest BCUT2D eigenvalue weighted by molar-refractivity contribution is 5.64. The standard InChI is InChI=1S/C22H26F3N5O2/c1-11(2)20-28-14(12-7-16(19(26)27-9-12)32-22(23,24)25)10-30(20)21-13-8-15(18(21)17(13)21)29-3-5-31-6-4-29/h7,9-11,13,15,17-18H,3-6,8H2,1-2H3,(H2,26,27)/t13-,15?,17-,18?,21-/m1/s1. The van der Waals surface area contributed by atoms with Crippen molar-refractivity contribution < 1.29 is 22.6 Å². The van der Waals surface area contributed by atoms with Gasteiger partial charge in [0.05, 0.1) is 24.4 Å². The first kappa shape index (κ1) is 20.3. The third-order valence-corrected chi connectivity index (χ3v) is 7.76. The van der Waals surface area contributed by atoms with Crippen molar-refractivity contribution in [2.75, 3.05) is 32.0 Å². The highest BCUT2D eigenvalue weighted by atomic mass is 19.4. The molecule has 0 aromatic carbocycles. The van der Waals surface area contributed by atoms with Gasteiger partial charge in [-0.05, 0) is 24.3 Å². The molecular weight excluding hydrogens is 423 g/mol. The zero-order valence-electron chi connectivity index (χ0n) is 18.0. The second kappa shape index (κ2) is 6.60. The second-order valence-electron chi connectivity index (χ2n) is 9.66. The Morgan fingerprint density at radius 3 is 2.66 bits per heavy atom. The van der Waals surface area contributed by atoms with Crippen LogP contribution < -0.4 is 10.5 Å². The van der Waals surface area contributed by atoms with E-state index < -0.39 is 12.1 Å². The summed E-state index contributed by atoms with van der Waals surface area (Å²) in [5, 5.41) is 0. The maximum Gasteiger partial charge on any atom is 0.573 e. The number of rotatable bonds is 5. The van der Waals surface area contributed by atoms with Gasteiger partial charge in [0.25, 0.3) is 0 Å². The van der Waals surface area contributed by atoms with Crippen molar-refractivity contribution in [3.8, 4) is 17.0 Å². The highest BCUT2D eigenvalue weighted by Crippen LogP contribution is 2.89. The second-order valence-corrected chi connectivity index (χ2v) is 9.66. The molecule has 4 saturated carbocycles. The van der Waals surface area contributed by atoms with Crippen molar-refractivity contribution in [1.82, 2.24) is 19.4 Å². The molecule has 4 aliphatic carbocycles. The van der Waals surface area contributed by atoms with Crippen molar-refractivity contribution in [2.45, 2.75) is 44.1 Å². The van der Waals surface area contributed by atoms with Gasteiger partial charge in [-0.2, -0.15) is 0 Å². The summed E-state index contributed by atoms with van der Waals surface area (Å²) < 4.78 is 50.1. The summed E-state index contributed by atoms with van der Waals surface area (Å²) in [5.41, 5.74) is 6.79. The predicted molar refractivity (Wildman–Crippen MR) is 110 cm³/mol. The van der Waals surface area contributed by atoms with E-state index in [9.17, 15) is 13.2 Å². The predicted octanol–water partition coefficient (Wildman–Crippen LogP) is 3.22. The molecule has 2 aromatic heterocycles. The SMILES string of the molecule is CC(C)c1nc(-c2cnc(N)c(OC(F)(F)F)c2)cn1[C@]12C3C(N4CCOCC4)C[C@@H]1[C@H]32. The third-order valence-electron chi connectivity index (χ3n) is 7.76. The van der Waals surface area contributed by atoms with Crippen LogP contribution in [0.3, 0.4) is 0 Å². The van der Waals surface area contributed by atoms with Crippen LogP contribution in [0, 0.1) is 17.8 Å². The number of nitrogen functional groups attached to an aromatic ring is 1. The fourth-order valence-electron chi connectivity index (χ4n) is 6.45.